The van der Waals surface area contributed by atoms with Gasteiger partial charge in [-0.25, -0.2) is 0 Å². The van der Waals surface area contributed by atoms with Gasteiger partial charge in [-0.15, -0.1) is 12.4 Å². The highest BCUT2D eigenvalue weighted by molar-refractivity contribution is 5.85. The minimum absolute atomic E-state index is 0. The molecular formula is C11H19ClN2. The van der Waals surface area contributed by atoms with Gasteiger partial charge in [0.2, 0.25) is 0 Å². The molecule has 3 N–H and O–H groups in total. The van der Waals surface area contributed by atoms with E-state index in [4.69, 9.17) is 5.84 Å². The molecule has 0 aromatic heterocycles. The van der Waals surface area contributed by atoms with Gasteiger partial charge in [-0.05, 0) is 24.0 Å². The van der Waals surface area contributed by atoms with Crippen LogP contribution in [0.15, 0.2) is 24.3 Å². The van der Waals surface area contributed by atoms with Gasteiger partial charge in [-0.3, -0.25) is 11.3 Å². The first kappa shape index (κ1) is 13.4. The fraction of sp³-hybridized carbons (Fsp3) is 0.455. The number of halogens is 1. The Morgan fingerprint density at radius 2 is 1.43 bits per heavy atom. The topological polar surface area (TPSA) is 38.0 Å². The molecule has 0 saturated carbocycles. The summed E-state index contributed by atoms with van der Waals surface area (Å²) >= 11 is 0. The minimum Gasteiger partial charge on any atom is -0.271 e. The van der Waals surface area contributed by atoms with E-state index in [1.807, 2.05) is 6.92 Å². The summed E-state index contributed by atoms with van der Waals surface area (Å²) in [5.74, 6) is 5.94. The largest absolute Gasteiger partial charge is 0.271 e. The number of hydrogen-bond acceptors (Lipinski definition) is 2. The highest BCUT2D eigenvalue weighted by atomic mass is 35.5. The highest BCUT2D eigenvalue weighted by Gasteiger charge is 2.03. The third-order valence-corrected chi connectivity index (χ3v) is 2.35. The van der Waals surface area contributed by atoms with Crippen LogP contribution in [-0.4, -0.2) is 0 Å². The zero-order valence-corrected chi connectivity index (χ0v) is 9.77. The van der Waals surface area contributed by atoms with Gasteiger partial charge in [-0.2, -0.15) is 0 Å². The van der Waals surface area contributed by atoms with E-state index in [1.165, 1.54) is 11.1 Å². The lowest BCUT2D eigenvalue weighted by molar-refractivity contribution is 0.602. The molecule has 0 saturated heterocycles. The van der Waals surface area contributed by atoms with Gasteiger partial charge in [0.05, 0.1) is 0 Å². The van der Waals surface area contributed by atoms with E-state index in [1.54, 1.807) is 0 Å². The van der Waals surface area contributed by atoms with E-state index in [0.29, 0.717) is 5.92 Å². The molecule has 0 heterocycles. The van der Waals surface area contributed by atoms with Gasteiger partial charge < -0.3 is 0 Å². The lowest BCUT2D eigenvalue weighted by Gasteiger charge is -2.11. The zero-order chi connectivity index (χ0) is 9.84. The maximum absolute atomic E-state index is 5.35. The first-order valence-electron chi connectivity index (χ1n) is 4.71. The van der Waals surface area contributed by atoms with E-state index in [9.17, 15) is 0 Å². The van der Waals surface area contributed by atoms with Gasteiger partial charge in [-0.1, -0.05) is 38.1 Å². The molecule has 14 heavy (non-hydrogen) atoms. The summed E-state index contributed by atoms with van der Waals surface area (Å²) in [6.45, 7) is 6.43. The molecule has 80 valence electrons. The van der Waals surface area contributed by atoms with Crippen LogP contribution in [0.3, 0.4) is 0 Å². The van der Waals surface area contributed by atoms with E-state index in [-0.39, 0.29) is 18.4 Å². The van der Waals surface area contributed by atoms with Crippen LogP contribution in [0.2, 0.25) is 0 Å². The summed E-state index contributed by atoms with van der Waals surface area (Å²) in [7, 11) is 0. The Morgan fingerprint density at radius 3 is 1.79 bits per heavy atom. The second kappa shape index (κ2) is 6.02. The van der Waals surface area contributed by atoms with Crippen LogP contribution in [0.1, 0.15) is 43.9 Å². The average Bonchev–Trinajstić information content (AvgIpc) is 2.17. The standard InChI is InChI=1S/C11H18N2.ClH/c1-8(2)10-4-6-11(7-5-10)9(3)13-12;/h4-9,13H,12H2,1-3H3;1H. The van der Waals surface area contributed by atoms with Crippen LogP contribution in [0.5, 0.6) is 0 Å². The molecule has 0 aliphatic rings. The van der Waals surface area contributed by atoms with E-state index < -0.39 is 0 Å². The molecule has 0 bridgehead atoms. The van der Waals surface area contributed by atoms with Crippen molar-refractivity contribution in [1.82, 2.24) is 5.43 Å². The quantitative estimate of drug-likeness (QED) is 0.600. The third kappa shape index (κ3) is 3.29. The maximum Gasteiger partial charge on any atom is 0.0431 e. The first-order chi connectivity index (χ1) is 6.15. The molecule has 0 spiro atoms. The Labute approximate surface area is 92.3 Å². The Hall–Kier alpha value is -0.570. The molecule has 0 amide bonds. The number of hydrogen-bond donors (Lipinski definition) is 2. The van der Waals surface area contributed by atoms with Crippen LogP contribution in [-0.2, 0) is 0 Å². The van der Waals surface area contributed by atoms with Crippen molar-refractivity contribution in [1.29, 1.82) is 0 Å². The predicted molar refractivity (Wildman–Crippen MR) is 63.5 cm³/mol. The second-order valence-electron chi connectivity index (χ2n) is 3.71. The zero-order valence-electron chi connectivity index (χ0n) is 8.95. The van der Waals surface area contributed by atoms with Crippen LogP contribution in [0.25, 0.3) is 0 Å². The lowest BCUT2D eigenvalue weighted by Crippen LogP contribution is -2.25. The fourth-order valence-corrected chi connectivity index (χ4v) is 1.27. The van der Waals surface area contributed by atoms with Crippen molar-refractivity contribution in [3.8, 4) is 0 Å². The van der Waals surface area contributed by atoms with Gasteiger partial charge in [0.25, 0.3) is 0 Å². The number of rotatable bonds is 3. The summed E-state index contributed by atoms with van der Waals surface area (Å²) in [6, 6.07) is 8.79. The smallest absolute Gasteiger partial charge is 0.0431 e. The van der Waals surface area contributed by atoms with Crippen molar-refractivity contribution in [2.75, 3.05) is 0 Å². The molecule has 0 aliphatic carbocycles. The Balaban J connectivity index is 0.00000169. The summed E-state index contributed by atoms with van der Waals surface area (Å²) < 4.78 is 0. The predicted octanol–water partition coefficient (Wildman–Crippen LogP) is 2.76. The highest BCUT2D eigenvalue weighted by Crippen LogP contribution is 2.17. The molecule has 1 rings (SSSR count). The minimum atomic E-state index is 0. The molecule has 1 aromatic carbocycles. The van der Waals surface area contributed by atoms with Crippen molar-refractivity contribution in [2.45, 2.75) is 32.7 Å². The van der Waals surface area contributed by atoms with E-state index in [0.717, 1.165) is 0 Å². The normalized spacial score (nSPS) is 12.4. The van der Waals surface area contributed by atoms with Crippen molar-refractivity contribution >= 4 is 12.4 Å². The van der Waals surface area contributed by atoms with E-state index >= 15 is 0 Å². The third-order valence-electron chi connectivity index (χ3n) is 2.35. The van der Waals surface area contributed by atoms with Crippen molar-refractivity contribution < 1.29 is 0 Å². The van der Waals surface area contributed by atoms with Crippen LogP contribution < -0.4 is 11.3 Å². The van der Waals surface area contributed by atoms with Crippen LogP contribution in [0.4, 0.5) is 0 Å². The maximum atomic E-state index is 5.35. The van der Waals surface area contributed by atoms with Crippen molar-refractivity contribution in [2.24, 2.45) is 5.84 Å². The van der Waals surface area contributed by atoms with Gasteiger partial charge >= 0.3 is 0 Å². The molecule has 1 atom stereocenters. The molecule has 0 fully saturated rings. The number of benzene rings is 1. The number of nitrogens with two attached hydrogens (primary N) is 1. The summed E-state index contributed by atoms with van der Waals surface area (Å²) in [6.07, 6.45) is 0. The van der Waals surface area contributed by atoms with Gasteiger partial charge in [0.15, 0.2) is 0 Å². The van der Waals surface area contributed by atoms with Crippen LogP contribution in [0, 0.1) is 0 Å². The molecule has 0 radical (unpaired) electrons. The van der Waals surface area contributed by atoms with Crippen LogP contribution >= 0.6 is 12.4 Å². The van der Waals surface area contributed by atoms with Crippen molar-refractivity contribution in [3.05, 3.63) is 35.4 Å². The monoisotopic (exact) mass is 214 g/mol. The number of hydrazine groups is 1. The second-order valence-corrected chi connectivity index (χ2v) is 3.71. The Kier molecular flexibility index (Phi) is 5.77. The average molecular weight is 215 g/mol. The lowest BCUT2D eigenvalue weighted by atomic mass is 10.00. The van der Waals surface area contributed by atoms with E-state index in [2.05, 4.69) is 43.5 Å². The molecule has 3 heteroatoms. The number of nitrogens with one attached hydrogen (secondary N) is 1. The summed E-state index contributed by atoms with van der Waals surface area (Å²) in [5.41, 5.74) is 5.33. The summed E-state index contributed by atoms with van der Waals surface area (Å²) in [5, 5.41) is 0. The first-order valence-corrected chi connectivity index (χ1v) is 4.71. The van der Waals surface area contributed by atoms with Gasteiger partial charge in [0, 0.05) is 6.04 Å². The SMILES string of the molecule is CC(C)c1ccc(C(C)NN)cc1.Cl. The molecule has 1 aromatic rings. The Bertz CT molecular complexity index is 256. The fourth-order valence-electron chi connectivity index (χ4n) is 1.27. The Morgan fingerprint density at radius 1 is 1.00 bits per heavy atom. The van der Waals surface area contributed by atoms with Gasteiger partial charge in [0.1, 0.15) is 0 Å². The van der Waals surface area contributed by atoms with Crippen molar-refractivity contribution in [3.63, 3.8) is 0 Å². The molecule has 1 unspecified atom stereocenters. The molecular weight excluding hydrogens is 196 g/mol. The molecule has 0 aliphatic heterocycles. The molecule has 2 nitrogen and oxygen atoms in total. The summed E-state index contributed by atoms with van der Waals surface area (Å²) in [4.78, 5) is 0.